The van der Waals surface area contributed by atoms with Crippen molar-refractivity contribution in [3.63, 3.8) is 0 Å². The number of piperidine rings is 1. The second-order valence-corrected chi connectivity index (χ2v) is 4.74. The zero-order valence-electron chi connectivity index (χ0n) is 10.2. The number of hydrogen-bond acceptors (Lipinski definition) is 5. The van der Waals surface area contributed by atoms with Crippen molar-refractivity contribution >= 4 is 11.5 Å². The molecule has 1 aliphatic rings. The third-order valence-electron chi connectivity index (χ3n) is 3.25. The molecule has 2 aromatic heterocycles. The Labute approximate surface area is 104 Å². The van der Waals surface area contributed by atoms with E-state index in [1.807, 2.05) is 6.07 Å². The molecule has 0 aliphatic carbocycles. The molecular formula is C11H16N6O. The zero-order chi connectivity index (χ0) is 12.5. The quantitative estimate of drug-likeness (QED) is 0.694. The van der Waals surface area contributed by atoms with Crippen LogP contribution in [-0.2, 0) is 0 Å². The van der Waals surface area contributed by atoms with Gasteiger partial charge in [-0.2, -0.15) is 9.61 Å². The standard InChI is InChI=1S/C11H16N6O/c1-7-6-8(4-5-12-7)13-9-2-3-10-14-15-11(18)17(10)16-9/h2-3,7-8,12H,4-6H2,1H3,(H,13,16)(H,15,18). The molecule has 18 heavy (non-hydrogen) atoms. The number of hydrogen-bond donors (Lipinski definition) is 3. The first-order chi connectivity index (χ1) is 8.72. The maximum absolute atomic E-state index is 11.4. The zero-order valence-corrected chi connectivity index (χ0v) is 10.2. The largest absolute Gasteiger partial charge is 0.366 e. The molecule has 0 radical (unpaired) electrons. The van der Waals surface area contributed by atoms with Crippen molar-refractivity contribution < 1.29 is 0 Å². The Kier molecular flexibility index (Phi) is 2.75. The number of aromatic amines is 1. The van der Waals surface area contributed by atoms with E-state index >= 15 is 0 Å². The Morgan fingerprint density at radius 2 is 2.39 bits per heavy atom. The summed E-state index contributed by atoms with van der Waals surface area (Å²) in [7, 11) is 0. The predicted molar refractivity (Wildman–Crippen MR) is 67.7 cm³/mol. The van der Waals surface area contributed by atoms with Gasteiger partial charge in [0.15, 0.2) is 5.65 Å². The van der Waals surface area contributed by atoms with Gasteiger partial charge in [0.1, 0.15) is 5.82 Å². The van der Waals surface area contributed by atoms with Crippen molar-refractivity contribution in [3.8, 4) is 0 Å². The lowest BCUT2D eigenvalue weighted by molar-refractivity contribution is 0.395. The van der Waals surface area contributed by atoms with Gasteiger partial charge in [-0.25, -0.2) is 9.89 Å². The van der Waals surface area contributed by atoms with Crippen LogP contribution in [0.4, 0.5) is 5.82 Å². The Hall–Kier alpha value is -1.89. The molecule has 2 unspecified atom stereocenters. The summed E-state index contributed by atoms with van der Waals surface area (Å²) in [5, 5.41) is 17.2. The minimum Gasteiger partial charge on any atom is -0.366 e. The summed E-state index contributed by atoms with van der Waals surface area (Å²) >= 11 is 0. The highest BCUT2D eigenvalue weighted by Gasteiger charge is 2.18. The van der Waals surface area contributed by atoms with E-state index in [2.05, 4.69) is 32.9 Å². The molecule has 0 bridgehead atoms. The van der Waals surface area contributed by atoms with Crippen LogP contribution in [0.1, 0.15) is 19.8 Å². The molecule has 2 aromatic rings. The summed E-state index contributed by atoms with van der Waals surface area (Å²) in [5.41, 5.74) is 0.219. The molecule has 1 aliphatic heterocycles. The first-order valence-electron chi connectivity index (χ1n) is 6.17. The van der Waals surface area contributed by atoms with Gasteiger partial charge in [0.05, 0.1) is 0 Å². The first-order valence-corrected chi connectivity index (χ1v) is 6.17. The van der Waals surface area contributed by atoms with E-state index < -0.39 is 0 Å². The summed E-state index contributed by atoms with van der Waals surface area (Å²) in [6, 6.07) is 4.53. The van der Waals surface area contributed by atoms with Gasteiger partial charge in [0.25, 0.3) is 0 Å². The van der Waals surface area contributed by atoms with Crippen molar-refractivity contribution in [3.05, 3.63) is 22.6 Å². The Balaban J connectivity index is 1.81. The lowest BCUT2D eigenvalue weighted by Crippen LogP contribution is -2.41. The van der Waals surface area contributed by atoms with E-state index in [4.69, 9.17) is 0 Å². The summed E-state index contributed by atoms with van der Waals surface area (Å²) in [6.45, 7) is 3.18. The van der Waals surface area contributed by atoms with Crippen LogP contribution in [0.2, 0.25) is 0 Å². The minimum atomic E-state index is -0.313. The van der Waals surface area contributed by atoms with Crippen molar-refractivity contribution in [2.75, 3.05) is 11.9 Å². The summed E-state index contributed by atoms with van der Waals surface area (Å²) < 4.78 is 1.27. The number of fused-ring (bicyclic) bond motifs is 1. The topological polar surface area (TPSA) is 87.1 Å². The number of nitrogens with zero attached hydrogens (tertiary/aromatic N) is 3. The molecule has 0 amide bonds. The van der Waals surface area contributed by atoms with E-state index in [1.165, 1.54) is 4.52 Å². The highest BCUT2D eigenvalue weighted by atomic mass is 16.2. The van der Waals surface area contributed by atoms with E-state index in [0.29, 0.717) is 23.5 Å². The maximum Gasteiger partial charge on any atom is 0.364 e. The average Bonchev–Trinajstić information content (AvgIpc) is 2.71. The lowest BCUT2D eigenvalue weighted by Gasteiger charge is -2.28. The fourth-order valence-corrected chi connectivity index (χ4v) is 2.35. The van der Waals surface area contributed by atoms with E-state index in [0.717, 1.165) is 19.4 Å². The smallest absolute Gasteiger partial charge is 0.364 e. The van der Waals surface area contributed by atoms with Crippen LogP contribution in [-0.4, -0.2) is 38.4 Å². The fraction of sp³-hybridized carbons (Fsp3) is 0.545. The molecule has 0 saturated carbocycles. The molecule has 1 fully saturated rings. The van der Waals surface area contributed by atoms with Crippen LogP contribution < -0.4 is 16.3 Å². The molecule has 3 heterocycles. The van der Waals surface area contributed by atoms with E-state index in [-0.39, 0.29) is 5.69 Å². The van der Waals surface area contributed by atoms with Gasteiger partial charge < -0.3 is 10.6 Å². The summed E-state index contributed by atoms with van der Waals surface area (Å²) in [5.74, 6) is 0.713. The second-order valence-electron chi connectivity index (χ2n) is 4.74. The highest BCUT2D eigenvalue weighted by molar-refractivity contribution is 5.43. The van der Waals surface area contributed by atoms with Gasteiger partial charge >= 0.3 is 5.69 Å². The normalized spacial score (nSPS) is 24.3. The third-order valence-corrected chi connectivity index (χ3v) is 3.25. The van der Waals surface area contributed by atoms with Gasteiger partial charge in [-0.05, 0) is 38.4 Å². The van der Waals surface area contributed by atoms with Crippen LogP contribution in [0, 0.1) is 0 Å². The maximum atomic E-state index is 11.4. The minimum absolute atomic E-state index is 0.313. The third kappa shape index (κ3) is 2.08. The van der Waals surface area contributed by atoms with E-state index in [1.54, 1.807) is 6.07 Å². The number of anilines is 1. The van der Waals surface area contributed by atoms with Gasteiger partial charge in [-0.15, -0.1) is 5.10 Å². The van der Waals surface area contributed by atoms with Gasteiger partial charge in [-0.1, -0.05) is 0 Å². The Morgan fingerprint density at radius 3 is 3.22 bits per heavy atom. The fourth-order valence-electron chi connectivity index (χ4n) is 2.35. The number of H-pyrrole nitrogens is 1. The van der Waals surface area contributed by atoms with Crippen molar-refractivity contribution in [1.29, 1.82) is 0 Å². The van der Waals surface area contributed by atoms with Crippen LogP contribution in [0.5, 0.6) is 0 Å². The molecule has 2 atom stereocenters. The monoisotopic (exact) mass is 248 g/mol. The number of rotatable bonds is 2. The molecule has 0 spiro atoms. The van der Waals surface area contributed by atoms with Crippen LogP contribution in [0.3, 0.4) is 0 Å². The van der Waals surface area contributed by atoms with Gasteiger partial charge in [0.2, 0.25) is 0 Å². The van der Waals surface area contributed by atoms with Crippen molar-refractivity contribution in [2.24, 2.45) is 0 Å². The molecular weight excluding hydrogens is 232 g/mol. The Morgan fingerprint density at radius 1 is 1.50 bits per heavy atom. The number of nitrogens with one attached hydrogen (secondary N) is 3. The molecule has 7 heteroatoms. The molecule has 96 valence electrons. The summed E-state index contributed by atoms with van der Waals surface area (Å²) in [6.07, 6.45) is 2.12. The average molecular weight is 248 g/mol. The van der Waals surface area contributed by atoms with Crippen molar-refractivity contribution in [1.82, 2.24) is 25.1 Å². The highest BCUT2D eigenvalue weighted by Crippen LogP contribution is 2.13. The molecule has 3 rings (SSSR count). The van der Waals surface area contributed by atoms with Crippen LogP contribution in [0.25, 0.3) is 5.65 Å². The molecule has 3 N–H and O–H groups in total. The van der Waals surface area contributed by atoms with Gasteiger partial charge in [0, 0.05) is 12.1 Å². The Bertz CT molecular complexity index is 603. The molecule has 1 saturated heterocycles. The second kappa shape index (κ2) is 4.41. The number of aromatic nitrogens is 4. The van der Waals surface area contributed by atoms with Crippen molar-refractivity contribution in [2.45, 2.75) is 31.8 Å². The van der Waals surface area contributed by atoms with Gasteiger partial charge in [-0.3, -0.25) is 0 Å². The SMILES string of the molecule is CC1CC(Nc2ccc3n[nH]c(=O)n3n2)CCN1. The van der Waals surface area contributed by atoms with Crippen LogP contribution in [0.15, 0.2) is 16.9 Å². The predicted octanol–water partition coefficient (Wildman–Crippen LogP) is -0.0300. The van der Waals surface area contributed by atoms with E-state index in [9.17, 15) is 4.79 Å². The van der Waals surface area contributed by atoms with Crippen LogP contribution >= 0.6 is 0 Å². The molecule has 7 nitrogen and oxygen atoms in total. The first kappa shape index (κ1) is 11.2. The molecule has 0 aromatic carbocycles. The summed E-state index contributed by atoms with van der Waals surface area (Å²) in [4.78, 5) is 11.4. The lowest BCUT2D eigenvalue weighted by atomic mass is 10.0.